The molecule has 21 heavy (non-hydrogen) atoms. The predicted octanol–water partition coefficient (Wildman–Crippen LogP) is 4.83. The number of aromatic nitrogens is 1. The van der Waals surface area contributed by atoms with E-state index >= 15 is 0 Å². The van der Waals surface area contributed by atoms with Crippen molar-refractivity contribution in [3.05, 3.63) is 46.2 Å². The van der Waals surface area contributed by atoms with Crippen LogP contribution in [0.1, 0.15) is 13.3 Å². The van der Waals surface area contributed by atoms with Gasteiger partial charge in [-0.15, -0.1) is 0 Å². The minimum absolute atomic E-state index is 0.0287. The van der Waals surface area contributed by atoms with Crippen LogP contribution >= 0.6 is 15.9 Å². The van der Waals surface area contributed by atoms with Crippen LogP contribution in [0.15, 0.2) is 28.7 Å². The number of benzene rings is 1. The topological polar surface area (TPSA) is 37.0 Å². The van der Waals surface area contributed by atoms with Crippen molar-refractivity contribution >= 4 is 33.3 Å². The number of halogens is 4. The smallest absolute Gasteiger partial charge is 0.169 e. The Balaban J connectivity index is 2.30. The van der Waals surface area contributed by atoms with Crippen molar-refractivity contribution in [3.63, 3.8) is 0 Å². The maximum atomic E-state index is 13.8. The lowest BCUT2D eigenvalue weighted by atomic mass is 10.3. The SMILES string of the molecule is CCCNc1nc(Nc2ccc(F)cc2Br)c(F)cc1F. The van der Waals surface area contributed by atoms with Gasteiger partial charge in [-0.05, 0) is 40.5 Å². The zero-order chi connectivity index (χ0) is 15.4. The van der Waals surface area contributed by atoms with Gasteiger partial charge in [0.05, 0.1) is 5.69 Å². The number of hydrogen-bond donors (Lipinski definition) is 2. The van der Waals surface area contributed by atoms with Gasteiger partial charge in [-0.2, -0.15) is 0 Å². The number of nitrogens with zero attached hydrogens (tertiary/aromatic N) is 1. The van der Waals surface area contributed by atoms with Crippen molar-refractivity contribution in [2.75, 3.05) is 17.2 Å². The molecule has 0 fully saturated rings. The Hall–Kier alpha value is -1.76. The molecule has 0 bridgehead atoms. The fraction of sp³-hybridized carbons (Fsp3) is 0.214. The van der Waals surface area contributed by atoms with Crippen LogP contribution < -0.4 is 10.6 Å². The quantitative estimate of drug-likeness (QED) is 0.802. The molecule has 0 amide bonds. The van der Waals surface area contributed by atoms with E-state index < -0.39 is 17.5 Å². The highest BCUT2D eigenvalue weighted by Gasteiger charge is 2.13. The van der Waals surface area contributed by atoms with Gasteiger partial charge in [0, 0.05) is 17.1 Å². The summed E-state index contributed by atoms with van der Waals surface area (Å²) < 4.78 is 40.8. The van der Waals surface area contributed by atoms with E-state index in [4.69, 9.17) is 0 Å². The van der Waals surface area contributed by atoms with Crippen molar-refractivity contribution < 1.29 is 13.2 Å². The second kappa shape index (κ2) is 6.80. The first-order valence-electron chi connectivity index (χ1n) is 6.33. The van der Waals surface area contributed by atoms with Crippen LogP contribution in [0.25, 0.3) is 0 Å². The Morgan fingerprint density at radius 2 is 1.81 bits per heavy atom. The third-order valence-electron chi connectivity index (χ3n) is 2.66. The molecule has 2 N–H and O–H groups in total. The van der Waals surface area contributed by atoms with Crippen LogP contribution in [-0.4, -0.2) is 11.5 Å². The lowest BCUT2D eigenvalue weighted by Crippen LogP contribution is -2.07. The average Bonchev–Trinajstić information content (AvgIpc) is 2.43. The summed E-state index contributed by atoms with van der Waals surface area (Å²) >= 11 is 3.16. The zero-order valence-corrected chi connectivity index (χ0v) is 12.8. The first-order chi connectivity index (χ1) is 10.0. The van der Waals surface area contributed by atoms with E-state index in [-0.39, 0.29) is 11.6 Å². The molecule has 0 aliphatic rings. The number of rotatable bonds is 5. The van der Waals surface area contributed by atoms with Gasteiger partial charge in [0.2, 0.25) is 0 Å². The molecular weight excluding hydrogens is 347 g/mol. The first kappa shape index (κ1) is 15.6. The van der Waals surface area contributed by atoms with Crippen LogP contribution in [0.2, 0.25) is 0 Å². The summed E-state index contributed by atoms with van der Waals surface area (Å²) in [7, 11) is 0. The lowest BCUT2D eigenvalue weighted by molar-refractivity contribution is 0.579. The Kier molecular flexibility index (Phi) is 5.06. The minimum atomic E-state index is -0.828. The third kappa shape index (κ3) is 3.87. The Morgan fingerprint density at radius 1 is 1.10 bits per heavy atom. The summed E-state index contributed by atoms with van der Waals surface area (Å²) in [4.78, 5) is 3.88. The Labute approximate surface area is 128 Å². The van der Waals surface area contributed by atoms with Gasteiger partial charge in [-0.3, -0.25) is 0 Å². The highest BCUT2D eigenvalue weighted by atomic mass is 79.9. The first-order valence-corrected chi connectivity index (χ1v) is 7.12. The molecule has 3 nitrogen and oxygen atoms in total. The lowest BCUT2D eigenvalue weighted by Gasteiger charge is -2.12. The van der Waals surface area contributed by atoms with E-state index in [2.05, 4.69) is 31.5 Å². The predicted molar refractivity (Wildman–Crippen MR) is 80.3 cm³/mol. The van der Waals surface area contributed by atoms with E-state index in [1.807, 2.05) is 6.92 Å². The molecule has 0 radical (unpaired) electrons. The van der Waals surface area contributed by atoms with Crippen molar-refractivity contribution in [1.29, 1.82) is 0 Å². The maximum Gasteiger partial charge on any atom is 0.169 e. The summed E-state index contributed by atoms with van der Waals surface area (Å²) in [5, 5.41) is 5.48. The monoisotopic (exact) mass is 359 g/mol. The standard InChI is InChI=1S/C14H13BrF3N3/c1-2-5-19-13-10(17)7-11(18)14(21-13)20-12-4-3-8(16)6-9(12)15/h3-4,6-7H,2,5H2,1H3,(H2,19,20,21). The normalized spacial score (nSPS) is 10.5. The molecule has 7 heteroatoms. The van der Waals surface area contributed by atoms with Gasteiger partial charge < -0.3 is 10.6 Å². The molecule has 1 aromatic heterocycles. The summed E-state index contributed by atoms with van der Waals surface area (Å²) in [6, 6.07) is 4.65. The summed E-state index contributed by atoms with van der Waals surface area (Å²) in [6.45, 7) is 2.44. The van der Waals surface area contributed by atoms with Crippen LogP contribution in [0.5, 0.6) is 0 Å². The van der Waals surface area contributed by atoms with Crippen molar-refractivity contribution in [1.82, 2.24) is 4.98 Å². The highest BCUT2D eigenvalue weighted by molar-refractivity contribution is 9.10. The van der Waals surface area contributed by atoms with Crippen LogP contribution in [0.3, 0.4) is 0 Å². The summed E-state index contributed by atoms with van der Waals surface area (Å²) in [5.41, 5.74) is 0.427. The van der Waals surface area contributed by atoms with Crippen molar-refractivity contribution in [2.45, 2.75) is 13.3 Å². The molecule has 2 aromatic rings. The fourth-order valence-corrected chi connectivity index (χ4v) is 2.09. The van der Waals surface area contributed by atoms with E-state index in [9.17, 15) is 13.2 Å². The zero-order valence-electron chi connectivity index (χ0n) is 11.2. The number of pyridine rings is 1. The van der Waals surface area contributed by atoms with Gasteiger partial charge in [0.15, 0.2) is 23.3 Å². The average molecular weight is 360 g/mol. The fourth-order valence-electron chi connectivity index (χ4n) is 1.64. The number of hydrogen-bond acceptors (Lipinski definition) is 3. The molecule has 112 valence electrons. The van der Waals surface area contributed by atoms with Crippen LogP contribution in [0.4, 0.5) is 30.5 Å². The second-order valence-corrected chi connectivity index (χ2v) is 5.18. The number of nitrogens with one attached hydrogen (secondary N) is 2. The highest BCUT2D eigenvalue weighted by Crippen LogP contribution is 2.28. The van der Waals surface area contributed by atoms with Gasteiger partial charge >= 0.3 is 0 Å². The molecule has 0 saturated carbocycles. The molecule has 1 aromatic carbocycles. The van der Waals surface area contributed by atoms with E-state index in [1.165, 1.54) is 18.2 Å². The van der Waals surface area contributed by atoms with Gasteiger partial charge in [0.25, 0.3) is 0 Å². The molecule has 1 heterocycles. The summed E-state index contributed by atoms with van der Waals surface area (Å²) in [6.07, 6.45) is 0.783. The summed E-state index contributed by atoms with van der Waals surface area (Å²) in [5.74, 6) is -2.18. The molecule has 0 unspecified atom stereocenters. The molecule has 0 atom stereocenters. The second-order valence-electron chi connectivity index (χ2n) is 4.33. The van der Waals surface area contributed by atoms with E-state index in [0.29, 0.717) is 16.7 Å². The van der Waals surface area contributed by atoms with Gasteiger partial charge in [0.1, 0.15) is 5.82 Å². The molecule has 2 rings (SSSR count). The largest absolute Gasteiger partial charge is 0.368 e. The number of anilines is 3. The third-order valence-corrected chi connectivity index (χ3v) is 3.31. The Morgan fingerprint density at radius 3 is 2.48 bits per heavy atom. The van der Waals surface area contributed by atoms with Gasteiger partial charge in [-0.1, -0.05) is 6.92 Å². The molecular formula is C14H13BrF3N3. The van der Waals surface area contributed by atoms with Crippen molar-refractivity contribution in [2.24, 2.45) is 0 Å². The van der Waals surface area contributed by atoms with Crippen molar-refractivity contribution in [3.8, 4) is 0 Å². The molecule has 0 aliphatic heterocycles. The van der Waals surface area contributed by atoms with E-state index in [1.54, 1.807) is 0 Å². The van der Waals surface area contributed by atoms with Crippen LogP contribution in [-0.2, 0) is 0 Å². The van der Waals surface area contributed by atoms with Gasteiger partial charge in [-0.25, -0.2) is 18.2 Å². The molecule has 0 saturated heterocycles. The molecule has 0 aliphatic carbocycles. The van der Waals surface area contributed by atoms with Crippen LogP contribution in [0, 0.1) is 17.5 Å². The maximum absolute atomic E-state index is 13.8. The minimum Gasteiger partial charge on any atom is -0.368 e. The van der Waals surface area contributed by atoms with E-state index in [0.717, 1.165) is 12.5 Å². The Bertz CT molecular complexity index is 650. The molecule has 0 spiro atoms.